The highest BCUT2D eigenvalue weighted by Gasteiger charge is 2.15. The maximum Gasteiger partial charge on any atom is 0.338 e. The number of rotatable bonds is 5. The number of imidazole rings is 1. The molecule has 4 rings (SSSR count). The molecule has 8 nitrogen and oxygen atoms in total. The molecule has 8 heteroatoms. The fourth-order valence-electron chi connectivity index (χ4n) is 2.86. The van der Waals surface area contributed by atoms with Crippen LogP contribution in [0.5, 0.6) is 5.75 Å². The molecule has 3 aromatic rings. The maximum atomic E-state index is 12.1. The van der Waals surface area contributed by atoms with Crippen molar-refractivity contribution in [2.45, 2.75) is 19.4 Å². The third-order valence-electron chi connectivity index (χ3n) is 4.13. The SMILES string of the molecule is Nc1ncnc2c1ncn2CCCOC(=O)c1ccc2c(c1)CCO2. The topological polar surface area (TPSA) is 105 Å². The van der Waals surface area contributed by atoms with Crippen LogP contribution in [0.2, 0.25) is 0 Å². The molecule has 0 spiro atoms. The van der Waals surface area contributed by atoms with E-state index in [9.17, 15) is 4.79 Å². The summed E-state index contributed by atoms with van der Waals surface area (Å²) in [5.74, 6) is 0.886. The zero-order valence-electron chi connectivity index (χ0n) is 13.5. The van der Waals surface area contributed by atoms with Gasteiger partial charge in [0, 0.05) is 13.0 Å². The predicted octanol–water partition coefficient (Wildman–Crippen LogP) is 1.59. The Kier molecular flexibility index (Phi) is 3.93. The first-order chi connectivity index (χ1) is 12.2. The molecule has 25 heavy (non-hydrogen) atoms. The summed E-state index contributed by atoms with van der Waals surface area (Å²) in [6.45, 7) is 1.60. The molecule has 128 valence electrons. The lowest BCUT2D eigenvalue weighted by Gasteiger charge is -2.07. The van der Waals surface area contributed by atoms with Crippen molar-refractivity contribution in [3.63, 3.8) is 0 Å². The minimum atomic E-state index is -0.322. The van der Waals surface area contributed by atoms with Crippen molar-refractivity contribution < 1.29 is 14.3 Å². The van der Waals surface area contributed by atoms with Crippen molar-refractivity contribution in [2.24, 2.45) is 0 Å². The lowest BCUT2D eigenvalue weighted by molar-refractivity contribution is 0.0496. The number of hydrogen-bond acceptors (Lipinski definition) is 7. The quantitative estimate of drug-likeness (QED) is 0.556. The molecular weight excluding hydrogens is 322 g/mol. The highest BCUT2D eigenvalue weighted by molar-refractivity contribution is 5.90. The molecule has 3 heterocycles. The number of aryl methyl sites for hydroxylation is 1. The summed E-state index contributed by atoms with van der Waals surface area (Å²) in [6, 6.07) is 5.39. The second-order valence-electron chi connectivity index (χ2n) is 5.78. The number of nitrogen functional groups attached to an aromatic ring is 1. The van der Waals surface area contributed by atoms with Crippen LogP contribution in [0.1, 0.15) is 22.3 Å². The second-order valence-corrected chi connectivity index (χ2v) is 5.78. The van der Waals surface area contributed by atoms with Gasteiger partial charge in [-0.3, -0.25) is 0 Å². The first-order valence-electron chi connectivity index (χ1n) is 8.06. The predicted molar refractivity (Wildman–Crippen MR) is 90.3 cm³/mol. The molecule has 0 unspecified atom stereocenters. The third kappa shape index (κ3) is 2.98. The molecule has 1 aliphatic rings. The van der Waals surface area contributed by atoms with E-state index in [0.29, 0.717) is 48.7 Å². The van der Waals surface area contributed by atoms with Gasteiger partial charge in [-0.25, -0.2) is 19.7 Å². The monoisotopic (exact) mass is 339 g/mol. The molecule has 1 aliphatic heterocycles. The van der Waals surface area contributed by atoms with E-state index in [0.717, 1.165) is 17.7 Å². The van der Waals surface area contributed by atoms with Crippen LogP contribution in [0.15, 0.2) is 30.9 Å². The molecule has 0 fully saturated rings. The average Bonchev–Trinajstić information content (AvgIpc) is 3.25. The number of carbonyl (C=O) groups is 1. The Balaban J connectivity index is 1.33. The Hall–Kier alpha value is -3.16. The van der Waals surface area contributed by atoms with Crippen molar-refractivity contribution in [3.05, 3.63) is 42.0 Å². The number of nitrogens with two attached hydrogens (primary N) is 1. The number of fused-ring (bicyclic) bond motifs is 2. The average molecular weight is 339 g/mol. The molecule has 2 aromatic heterocycles. The van der Waals surface area contributed by atoms with Gasteiger partial charge in [-0.05, 0) is 30.2 Å². The number of aromatic nitrogens is 4. The lowest BCUT2D eigenvalue weighted by Crippen LogP contribution is -2.09. The normalized spacial score (nSPS) is 12.8. The standard InChI is InChI=1S/C17H17N5O3/c18-15-14-16(20-9-19-15)22(10-21-14)5-1-6-25-17(23)12-2-3-13-11(8-12)4-7-24-13/h2-3,8-10H,1,4-7H2,(H2,18,19,20). The highest BCUT2D eigenvalue weighted by Crippen LogP contribution is 2.26. The van der Waals surface area contributed by atoms with E-state index in [1.54, 1.807) is 12.4 Å². The van der Waals surface area contributed by atoms with Crippen LogP contribution in [0.25, 0.3) is 11.2 Å². The summed E-state index contributed by atoms with van der Waals surface area (Å²) in [7, 11) is 0. The van der Waals surface area contributed by atoms with Gasteiger partial charge < -0.3 is 19.8 Å². The molecule has 0 amide bonds. The van der Waals surface area contributed by atoms with E-state index in [1.807, 2.05) is 16.7 Å². The number of hydrogen-bond donors (Lipinski definition) is 1. The summed E-state index contributed by atoms with van der Waals surface area (Å²) in [5.41, 5.74) is 8.63. The smallest absolute Gasteiger partial charge is 0.338 e. The van der Waals surface area contributed by atoms with Crippen molar-refractivity contribution in [1.82, 2.24) is 19.5 Å². The zero-order chi connectivity index (χ0) is 17.2. The fraction of sp³-hybridized carbons (Fsp3) is 0.294. The fourth-order valence-corrected chi connectivity index (χ4v) is 2.86. The number of nitrogens with zero attached hydrogens (tertiary/aromatic N) is 4. The van der Waals surface area contributed by atoms with Crippen LogP contribution in [-0.4, -0.2) is 38.7 Å². The summed E-state index contributed by atoms with van der Waals surface area (Å²) >= 11 is 0. The van der Waals surface area contributed by atoms with Crippen LogP contribution < -0.4 is 10.5 Å². The minimum absolute atomic E-state index is 0.312. The Morgan fingerprint density at radius 3 is 3.16 bits per heavy atom. The van der Waals surface area contributed by atoms with Crippen molar-refractivity contribution in [2.75, 3.05) is 18.9 Å². The van der Waals surface area contributed by atoms with Crippen molar-refractivity contribution >= 4 is 23.0 Å². The van der Waals surface area contributed by atoms with Gasteiger partial charge in [-0.1, -0.05) is 0 Å². The molecule has 2 N–H and O–H groups in total. The van der Waals surface area contributed by atoms with Crippen LogP contribution in [-0.2, 0) is 17.7 Å². The van der Waals surface area contributed by atoms with Crippen molar-refractivity contribution in [1.29, 1.82) is 0 Å². The van der Waals surface area contributed by atoms with Gasteiger partial charge in [0.2, 0.25) is 0 Å². The van der Waals surface area contributed by atoms with Gasteiger partial charge in [0.15, 0.2) is 11.5 Å². The molecule has 0 aliphatic carbocycles. The van der Waals surface area contributed by atoms with Crippen LogP contribution in [0, 0.1) is 0 Å². The maximum absolute atomic E-state index is 12.1. The summed E-state index contributed by atoms with van der Waals surface area (Å²) in [4.78, 5) is 24.4. The molecule has 1 aromatic carbocycles. The number of esters is 1. The first-order valence-corrected chi connectivity index (χ1v) is 8.06. The summed E-state index contributed by atoms with van der Waals surface area (Å²) < 4.78 is 12.7. The van der Waals surface area contributed by atoms with Gasteiger partial charge in [-0.2, -0.15) is 0 Å². The van der Waals surface area contributed by atoms with Crippen molar-refractivity contribution in [3.8, 4) is 5.75 Å². The highest BCUT2D eigenvalue weighted by atomic mass is 16.5. The minimum Gasteiger partial charge on any atom is -0.493 e. The lowest BCUT2D eigenvalue weighted by atomic mass is 10.1. The van der Waals surface area contributed by atoms with E-state index in [4.69, 9.17) is 15.2 Å². The Bertz CT molecular complexity index is 937. The van der Waals surface area contributed by atoms with E-state index >= 15 is 0 Å². The Morgan fingerprint density at radius 1 is 1.32 bits per heavy atom. The summed E-state index contributed by atoms with van der Waals surface area (Å²) in [5, 5.41) is 0. The third-order valence-corrected chi connectivity index (χ3v) is 4.13. The number of ether oxygens (including phenoxy) is 2. The van der Waals surface area contributed by atoms with Gasteiger partial charge in [0.05, 0.1) is 25.1 Å². The van der Waals surface area contributed by atoms with E-state index in [-0.39, 0.29) is 5.97 Å². The van der Waals surface area contributed by atoms with Crippen LogP contribution in [0.3, 0.4) is 0 Å². The molecule has 0 saturated carbocycles. The number of carbonyl (C=O) groups excluding carboxylic acids is 1. The van der Waals surface area contributed by atoms with Gasteiger partial charge >= 0.3 is 5.97 Å². The van der Waals surface area contributed by atoms with Gasteiger partial charge in [0.25, 0.3) is 0 Å². The second kappa shape index (κ2) is 6.39. The van der Waals surface area contributed by atoms with Crippen LogP contribution in [0.4, 0.5) is 5.82 Å². The number of anilines is 1. The Labute approximate surface area is 143 Å². The molecular formula is C17H17N5O3. The Morgan fingerprint density at radius 2 is 2.24 bits per heavy atom. The number of benzene rings is 1. The van der Waals surface area contributed by atoms with Gasteiger partial charge in [-0.15, -0.1) is 0 Å². The zero-order valence-corrected chi connectivity index (χ0v) is 13.5. The molecule has 0 atom stereocenters. The largest absolute Gasteiger partial charge is 0.493 e. The first kappa shape index (κ1) is 15.4. The van der Waals surface area contributed by atoms with Gasteiger partial charge in [0.1, 0.15) is 17.6 Å². The molecule has 0 bridgehead atoms. The van der Waals surface area contributed by atoms with E-state index in [1.165, 1.54) is 6.33 Å². The molecule has 0 saturated heterocycles. The van der Waals surface area contributed by atoms with E-state index in [2.05, 4.69) is 15.0 Å². The van der Waals surface area contributed by atoms with E-state index < -0.39 is 0 Å². The van der Waals surface area contributed by atoms with Crippen LogP contribution >= 0.6 is 0 Å². The molecule has 0 radical (unpaired) electrons. The summed E-state index contributed by atoms with van der Waals surface area (Å²) in [6.07, 6.45) is 4.55.